The molecule has 0 bridgehead atoms. The Hall–Kier alpha value is -1.24. The molecule has 1 saturated heterocycles. The Labute approximate surface area is 120 Å². The zero-order valence-corrected chi connectivity index (χ0v) is 12.3. The average Bonchev–Trinajstić information content (AvgIpc) is 2.39. The van der Waals surface area contributed by atoms with Gasteiger partial charge in [-0.2, -0.15) is 5.26 Å². The largest absolute Gasteiger partial charge is 0.368 e. The highest BCUT2D eigenvalue weighted by molar-refractivity contribution is 6.30. The van der Waals surface area contributed by atoms with Gasteiger partial charge in [-0.05, 0) is 24.1 Å². The van der Waals surface area contributed by atoms with E-state index in [0.717, 1.165) is 38.4 Å². The molecule has 0 amide bonds. The van der Waals surface area contributed by atoms with Crippen molar-refractivity contribution in [3.63, 3.8) is 0 Å². The summed E-state index contributed by atoms with van der Waals surface area (Å²) >= 11 is 5.94. The van der Waals surface area contributed by atoms with Crippen LogP contribution in [0.4, 0.5) is 5.69 Å². The van der Waals surface area contributed by atoms with E-state index in [2.05, 4.69) is 29.7 Å². The van der Waals surface area contributed by atoms with Crippen LogP contribution < -0.4 is 4.90 Å². The average molecular weight is 278 g/mol. The van der Waals surface area contributed by atoms with Gasteiger partial charge in [0.05, 0.1) is 11.3 Å². The van der Waals surface area contributed by atoms with Crippen LogP contribution in [-0.2, 0) is 0 Å². The summed E-state index contributed by atoms with van der Waals surface area (Å²) in [5, 5.41) is 9.82. The lowest BCUT2D eigenvalue weighted by atomic mass is 10.1. The number of hydrogen-bond acceptors (Lipinski definition) is 3. The number of halogens is 1. The van der Waals surface area contributed by atoms with E-state index in [1.165, 1.54) is 0 Å². The third kappa shape index (κ3) is 3.62. The normalized spacial score (nSPS) is 16.7. The zero-order valence-electron chi connectivity index (χ0n) is 11.6. The zero-order chi connectivity index (χ0) is 13.8. The number of hydrogen-bond donors (Lipinski definition) is 0. The summed E-state index contributed by atoms with van der Waals surface area (Å²) in [6.07, 6.45) is 0. The molecule has 1 heterocycles. The van der Waals surface area contributed by atoms with Gasteiger partial charge in [-0.15, -0.1) is 0 Å². The molecule has 1 fully saturated rings. The van der Waals surface area contributed by atoms with E-state index in [0.29, 0.717) is 16.5 Å². The maximum Gasteiger partial charge on any atom is 0.101 e. The number of nitriles is 1. The second-order valence-corrected chi connectivity index (χ2v) is 5.89. The number of rotatable bonds is 3. The van der Waals surface area contributed by atoms with Crippen molar-refractivity contribution in [2.45, 2.75) is 13.8 Å². The summed E-state index contributed by atoms with van der Waals surface area (Å²) in [5.41, 5.74) is 1.68. The van der Waals surface area contributed by atoms with Crippen LogP contribution in [0.3, 0.4) is 0 Å². The van der Waals surface area contributed by atoms with Crippen molar-refractivity contribution in [1.29, 1.82) is 5.26 Å². The van der Waals surface area contributed by atoms with Crippen LogP contribution in [0, 0.1) is 17.2 Å². The van der Waals surface area contributed by atoms with E-state index in [4.69, 9.17) is 11.6 Å². The van der Waals surface area contributed by atoms with Crippen LogP contribution in [0.1, 0.15) is 19.4 Å². The fraction of sp³-hybridized carbons (Fsp3) is 0.533. The Bertz CT molecular complexity index is 471. The molecule has 1 aliphatic rings. The fourth-order valence-corrected chi connectivity index (χ4v) is 2.73. The molecule has 1 aromatic rings. The lowest BCUT2D eigenvalue weighted by molar-refractivity contribution is 0.231. The SMILES string of the molecule is CC(C)CN1CCN(c2ccc(Cl)cc2C#N)CC1. The van der Waals surface area contributed by atoms with Crippen molar-refractivity contribution in [1.82, 2.24) is 4.90 Å². The minimum absolute atomic E-state index is 0.624. The molecule has 0 aromatic heterocycles. The van der Waals surface area contributed by atoms with Crippen LogP contribution in [0.5, 0.6) is 0 Å². The Kier molecular flexibility index (Phi) is 4.68. The van der Waals surface area contributed by atoms with Crippen molar-refractivity contribution in [2.24, 2.45) is 5.92 Å². The van der Waals surface area contributed by atoms with E-state index >= 15 is 0 Å². The van der Waals surface area contributed by atoms with Crippen LogP contribution in [0.2, 0.25) is 5.02 Å². The maximum absolute atomic E-state index is 9.20. The van der Waals surface area contributed by atoms with Crippen molar-refractivity contribution in [3.05, 3.63) is 28.8 Å². The Morgan fingerprint density at radius 1 is 1.26 bits per heavy atom. The predicted octanol–water partition coefficient (Wildman–Crippen LogP) is 2.99. The van der Waals surface area contributed by atoms with Gasteiger partial charge < -0.3 is 4.90 Å². The van der Waals surface area contributed by atoms with Gasteiger partial charge >= 0.3 is 0 Å². The molecule has 1 aliphatic heterocycles. The Balaban J connectivity index is 2.04. The molecule has 1 aromatic carbocycles. The highest BCUT2D eigenvalue weighted by Crippen LogP contribution is 2.24. The van der Waals surface area contributed by atoms with E-state index in [-0.39, 0.29) is 0 Å². The van der Waals surface area contributed by atoms with Gasteiger partial charge in [0.1, 0.15) is 6.07 Å². The van der Waals surface area contributed by atoms with Gasteiger partial charge in [0.2, 0.25) is 0 Å². The van der Waals surface area contributed by atoms with Crippen LogP contribution >= 0.6 is 11.6 Å². The summed E-state index contributed by atoms with van der Waals surface area (Å²) in [4.78, 5) is 4.77. The predicted molar refractivity (Wildman–Crippen MR) is 79.7 cm³/mol. The minimum atomic E-state index is 0.624. The number of anilines is 1. The van der Waals surface area contributed by atoms with E-state index in [9.17, 15) is 5.26 Å². The third-order valence-electron chi connectivity index (χ3n) is 3.42. The smallest absolute Gasteiger partial charge is 0.101 e. The maximum atomic E-state index is 9.20. The third-order valence-corrected chi connectivity index (χ3v) is 3.65. The molecule has 0 saturated carbocycles. The lowest BCUT2D eigenvalue weighted by Gasteiger charge is -2.37. The van der Waals surface area contributed by atoms with Gasteiger partial charge in [0.15, 0.2) is 0 Å². The first-order valence-electron chi connectivity index (χ1n) is 6.77. The van der Waals surface area contributed by atoms with Crippen LogP contribution in [-0.4, -0.2) is 37.6 Å². The highest BCUT2D eigenvalue weighted by atomic mass is 35.5. The molecule has 102 valence electrons. The second kappa shape index (κ2) is 6.27. The van der Waals surface area contributed by atoms with E-state index in [1.807, 2.05) is 12.1 Å². The molecule has 0 atom stereocenters. The van der Waals surface area contributed by atoms with E-state index in [1.54, 1.807) is 6.07 Å². The molecule has 0 radical (unpaired) electrons. The van der Waals surface area contributed by atoms with Gasteiger partial charge in [0, 0.05) is 37.7 Å². The van der Waals surface area contributed by atoms with Gasteiger partial charge in [-0.1, -0.05) is 25.4 Å². The molecular weight excluding hydrogens is 258 g/mol. The Morgan fingerprint density at radius 2 is 1.95 bits per heavy atom. The summed E-state index contributed by atoms with van der Waals surface area (Å²) in [7, 11) is 0. The van der Waals surface area contributed by atoms with Gasteiger partial charge in [0.25, 0.3) is 0 Å². The molecule has 3 nitrogen and oxygen atoms in total. The first kappa shape index (κ1) is 14.2. The molecule has 0 N–H and O–H groups in total. The molecular formula is C15H20ClN3. The summed E-state index contributed by atoms with van der Waals surface area (Å²) in [6.45, 7) is 9.72. The monoisotopic (exact) mass is 277 g/mol. The summed E-state index contributed by atoms with van der Waals surface area (Å²) in [5.74, 6) is 0.705. The highest BCUT2D eigenvalue weighted by Gasteiger charge is 2.19. The fourth-order valence-electron chi connectivity index (χ4n) is 2.56. The van der Waals surface area contributed by atoms with Crippen molar-refractivity contribution >= 4 is 17.3 Å². The van der Waals surface area contributed by atoms with E-state index < -0.39 is 0 Å². The number of piperazine rings is 1. The topological polar surface area (TPSA) is 30.3 Å². The van der Waals surface area contributed by atoms with Gasteiger partial charge in [-0.3, -0.25) is 4.90 Å². The lowest BCUT2D eigenvalue weighted by Crippen LogP contribution is -2.47. The molecule has 19 heavy (non-hydrogen) atoms. The van der Waals surface area contributed by atoms with Crippen LogP contribution in [0.25, 0.3) is 0 Å². The van der Waals surface area contributed by atoms with Gasteiger partial charge in [-0.25, -0.2) is 0 Å². The molecule has 0 unspecified atom stereocenters. The number of nitrogens with zero attached hydrogens (tertiary/aromatic N) is 3. The minimum Gasteiger partial charge on any atom is -0.368 e. The Morgan fingerprint density at radius 3 is 2.53 bits per heavy atom. The standard InChI is InChI=1S/C15H20ClN3/c1-12(2)11-18-5-7-19(8-6-18)15-4-3-14(16)9-13(15)10-17/h3-4,9,12H,5-8,11H2,1-2H3. The first-order valence-corrected chi connectivity index (χ1v) is 7.15. The molecule has 0 aliphatic carbocycles. The van der Waals surface area contributed by atoms with Crippen molar-refractivity contribution < 1.29 is 0 Å². The first-order chi connectivity index (χ1) is 9.10. The molecule has 4 heteroatoms. The van der Waals surface area contributed by atoms with Crippen molar-refractivity contribution in [2.75, 3.05) is 37.6 Å². The summed E-state index contributed by atoms with van der Waals surface area (Å²) in [6, 6.07) is 7.80. The summed E-state index contributed by atoms with van der Waals surface area (Å²) < 4.78 is 0. The van der Waals surface area contributed by atoms with Crippen molar-refractivity contribution in [3.8, 4) is 6.07 Å². The number of benzene rings is 1. The van der Waals surface area contributed by atoms with Crippen LogP contribution in [0.15, 0.2) is 18.2 Å². The molecule has 2 rings (SSSR count). The molecule has 0 spiro atoms. The quantitative estimate of drug-likeness (QED) is 0.851. The second-order valence-electron chi connectivity index (χ2n) is 5.45.